The van der Waals surface area contributed by atoms with E-state index in [9.17, 15) is 9.59 Å². The average Bonchev–Trinajstić information content (AvgIpc) is 3.13. The van der Waals surface area contributed by atoms with Crippen LogP contribution in [0.3, 0.4) is 0 Å². The molecule has 0 bridgehead atoms. The van der Waals surface area contributed by atoms with Gasteiger partial charge in [-0.05, 0) is 29.7 Å². The Morgan fingerprint density at radius 3 is 2.72 bits per heavy atom. The highest BCUT2D eigenvalue weighted by Crippen LogP contribution is 2.30. The van der Waals surface area contributed by atoms with Crippen LogP contribution in [0.25, 0.3) is 11.1 Å². The van der Waals surface area contributed by atoms with Crippen molar-refractivity contribution in [2.75, 3.05) is 18.4 Å². The molecule has 1 aromatic heterocycles. The third-order valence-corrected chi connectivity index (χ3v) is 6.11. The van der Waals surface area contributed by atoms with E-state index in [1.807, 2.05) is 60.4 Å². The first-order chi connectivity index (χ1) is 14.0. The van der Waals surface area contributed by atoms with Crippen molar-refractivity contribution in [1.29, 1.82) is 0 Å². The van der Waals surface area contributed by atoms with Gasteiger partial charge >= 0.3 is 5.97 Å². The summed E-state index contributed by atoms with van der Waals surface area (Å²) >= 11 is 1.34. The molecule has 6 nitrogen and oxygen atoms in total. The van der Waals surface area contributed by atoms with E-state index in [0.717, 1.165) is 32.9 Å². The number of thiazole rings is 1. The van der Waals surface area contributed by atoms with Crippen molar-refractivity contribution >= 4 is 28.9 Å². The Labute approximate surface area is 172 Å². The molecule has 1 amide bonds. The summed E-state index contributed by atoms with van der Waals surface area (Å²) in [4.78, 5) is 31.1. The molecule has 1 aliphatic heterocycles. The number of hydrogen-bond acceptors (Lipinski definition) is 5. The van der Waals surface area contributed by atoms with Crippen LogP contribution >= 0.6 is 11.3 Å². The summed E-state index contributed by atoms with van der Waals surface area (Å²) in [7, 11) is 0. The number of aliphatic carboxylic acids is 1. The molecule has 3 aromatic rings. The Balaban J connectivity index is 1.53. The molecule has 0 atom stereocenters. The van der Waals surface area contributed by atoms with Gasteiger partial charge in [0.15, 0.2) is 5.01 Å². The number of nitrogens with one attached hydrogen (secondary N) is 1. The van der Waals surface area contributed by atoms with Gasteiger partial charge in [0.2, 0.25) is 0 Å². The second-order valence-electron chi connectivity index (χ2n) is 7.04. The van der Waals surface area contributed by atoms with Gasteiger partial charge in [0.05, 0.1) is 12.2 Å². The number of carboxylic acid groups (broad SMARTS) is 1. The van der Waals surface area contributed by atoms with Crippen molar-refractivity contribution in [3.05, 3.63) is 69.7 Å². The second kappa shape index (κ2) is 8.14. The Kier molecular flexibility index (Phi) is 5.42. The van der Waals surface area contributed by atoms with Gasteiger partial charge in [0.1, 0.15) is 0 Å². The van der Waals surface area contributed by atoms with Crippen LogP contribution in [-0.4, -0.2) is 40.0 Å². The minimum absolute atomic E-state index is 0.00431. The van der Waals surface area contributed by atoms with Crippen LogP contribution in [0.5, 0.6) is 0 Å². The van der Waals surface area contributed by atoms with Crippen molar-refractivity contribution in [3.63, 3.8) is 0 Å². The lowest BCUT2D eigenvalue weighted by Crippen LogP contribution is -2.34. The largest absolute Gasteiger partial charge is 0.480 e. The number of fused-ring (bicyclic) bond motifs is 1. The quantitative estimate of drug-likeness (QED) is 0.672. The monoisotopic (exact) mass is 407 g/mol. The van der Waals surface area contributed by atoms with Gasteiger partial charge in [0, 0.05) is 30.1 Å². The zero-order valence-corrected chi connectivity index (χ0v) is 16.8. The van der Waals surface area contributed by atoms with Gasteiger partial charge < -0.3 is 10.4 Å². The van der Waals surface area contributed by atoms with E-state index >= 15 is 0 Å². The molecule has 4 rings (SSSR count). The Morgan fingerprint density at radius 1 is 1.17 bits per heavy atom. The van der Waals surface area contributed by atoms with Crippen LogP contribution < -0.4 is 5.32 Å². The molecule has 0 spiro atoms. The van der Waals surface area contributed by atoms with E-state index in [1.54, 1.807) is 0 Å². The number of nitrogens with zero attached hydrogens (tertiary/aromatic N) is 2. The standard InChI is InChI=1S/C22H21N3O3S/c1-14-16(15-6-3-2-4-7-15)8-5-9-17(14)23-21(28)22-24-18-10-11-25(13-20(26)27)12-19(18)29-22/h2-9H,10-13H2,1H3,(H,23,28)(H,26,27). The lowest BCUT2D eigenvalue weighted by Gasteiger charge is -2.23. The summed E-state index contributed by atoms with van der Waals surface area (Å²) in [5.74, 6) is -1.08. The maximum Gasteiger partial charge on any atom is 0.317 e. The van der Waals surface area contributed by atoms with Gasteiger partial charge in [-0.2, -0.15) is 0 Å². The number of aromatic nitrogens is 1. The van der Waals surface area contributed by atoms with Gasteiger partial charge in [-0.1, -0.05) is 42.5 Å². The topological polar surface area (TPSA) is 82.5 Å². The van der Waals surface area contributed by atoms with Gasteiger partial charge in [-0.3, -0.25) is 14.5 Å². The molecule has 2 N–H and O–H groups in total. The van der Waals surface area contributed by atoms with E-state index in [1.165, 1.54) is 11.3 Å². The van der Waals surface area contributed by atoms with Gasteiger partial charge in [-0.15, -0.1) is 11.3 Å². The zero-order chi connectivity index (χ0) is 20.4. The number of carboxylic acids is 1. The predicted molar refractivity (Wildman–Crippen MR) is 113 cm³/mol. The average molecular weight is 407 g/mol. The van der Waals surface area contributed by atoms with Crippen LogP contribution in [0.1, 0.15) is 25.9 Å². The molecule has 0 unspecified atom stereocenters. The number of carbonyl (C=O) groups excluding carboxylic acids is 1. The first-order valence-electron chi connectivity index (χ1n) is 9.40. The number of rotatable bonds is 5. The third-order valence-electron chi connectivity index (χ3n) is 5.03. The van der Waals surface area contributed by atoms with Crippen LogP contribution in [0, 0.1) is 6.92 Å². The minimum atomic E-state index is -0.843. The normalized spacial score (nSPS) is 13.7. The second-order valence-corrected chi connectivity index (χ2v) is 8.13. The summed E-state index contributed by atoms with van der Waals surface area (Å²) in [5.41, 5.74) is 4.84. The maximum atomic E-state index is 12.8. The molecule has 29 heavy (non-hydrogen) atoms. The molecular formula is C22H21N3O3S. The fraction of sp³-hybridized carbons (Fsp3) is 0.227. The molecule has 7 heteroatoms. The van der Waals surface area contributed by atoms with E-state index in [-0.39, 0.29) is 12.5 Å². The lowest BCUT2D eigenvalue weighted by molar-refractivity contribution is -0.138. The molecule has 0 saturated carbocycles. The van der Waals surface area contributed by atoms with Crippen LogP contribution in [0.15, 0.2) is 48.5 Å². The first kappa shape index (κ1) is 19.3. The molecule has 148 valence electrons. The van der Waals surface area contributed by atoms with Gasteiger partial charge in [0.25, 0.3) is 5.91 Å². The molecule has 0 radical (unpaired) electrons. The molecule has 1 aliphatic rings. The van der Waals surface area contributed by atoms with Crippen molar-refractivity contribution in [3.8, 4) is 11.1 Å². The Hall–Kier alpha value is -3.03. The lowest BCUT2D eigenvalue weighted by atomic mass is 9.99. The van der Waals surface area contributed by atoms with Gasteiger partial charge in [-0.25, -0.2) is 4.98 Å². The summed E-state index contributed by atoms with van der Waals surface area (Å²) in [6.07, 6.45) is 0.662. The maximum absolute atomic E-state index is 12.8. The number of anilines is 1. The number of hydrogen-bond donors (Lipinski definition) is 2. The molecule has 2 aromatic carbocycles. The third kappa shape index (κ3) is 4.21. The summed E-state index contributed by atoms with van der Waals surface area (Å²) in [5, 5.41) is 12.4. The van der Waals surface area contributed by atoms with E-state index in [4.69, 9.17) is 5.11 Å². The van der Waals surface area contributed by atoms with E-state index in [2.05, 4.69) is 10.3 Å². The number of amides is 1. The summed E-state index contributed by atoms with van der Waals surface area (Å²) in [6.45, 7) is 3.16. The Morgan fingerprint density at radius 2 is 1.97 bits per heavy atom. The summed E-state index contributed by atoms with van der Waals surface area (Å²) in [6, 6.07) is 15.9. The van der Waals surface area contributed by atoms with Crippen LogP contribution in [-0.2, 0) is 17.8 Å². The fourth-order valence-corrected chi connectivity index (χ4v) is 4.59. The fourth-order valence-electron chi connectivity index (χ4n) is 3.55. The number of benzene rings is 2. The predicted octanol–water partition coefficient (Wildman–Crippen LogP) is 3.81. The highest BCUT2D eigenvalue weighted by Gasteiger charge is 2.24. The highest BCUT2D eigenvalue weighted by molar-refractivity contribution is 7.13. The smallest absolute Gasteiger partial charge is 0.317 e. The highest BCUT2D eigenvalue weighted by atomic mass is 32.1. The number of carbonyl (C=O) groups is 2. The van der Waals surface area contributed by atoms with Crippen molar-refractivity contribution < 1.29 is 14.7 Å². The molecule has 2 heterocycles. The van der Waals surface area contributed by atoms with Crippen molar-refractivity contribution in [2.24, 2.45) is 0 Å². The van der Waals surface area contributed by atoms with Crippen LogP contribution in [0.2, 0.25) is 0 Å². The molecule has 0 saturated heterocycles. The first-order valence-corrected chi connectivity index (χ1v) is 10.2. The van der Waals surface area contributed by atoms with E-state index < -0.39 is 5.97 Å². The molecular weight excluding hydrogens is 386 g/mol. The van der Waals surface area contributed by atoms with Crippen molar-refractivity contribution in [2.45, 2.75) is 19.9 Å². The SMILES string of the molecule is Cc1c(NC(=O)c2nc3c(s2)CN(CC(=O)O)CC3)cccc1-c1ccccc1. The molecule has 0 aliphatic carbocycles. The summed E-state index contributed by atoms with van der Waals surface area (Å²) < 4.78 is 0. The van der Waals surface area contributed by atoms with Crippen molar-refractivity contribution in [1.82, 2.24) is 9.88 Å². The Bertz CT molecular complexity index is 1060. The minimum Gasteiger partial charge on any atom is -0.480 e. The van der Waals surface area contributed by atoms with E-state index in [0.29, 0.717) is 24.5 Å². The molecule has 0 fully saturated rings. The van der Waals surface area contributed by atoms with Crippen LogP contribution in [0.4, 0.5) is 5.69 Å². The zero-order valence-electron chi connectivity index (χ0n) is 16.0.